The quantitative estimate of drug-likeness (QED) is 0.245. The summed E-state index contributed by atoms with van der Waals surface area (Å²) >= 11 is 0. The fourth-order valence-corrected chi connectivity index (χ4v) is 2.83. The lowest BCUT2D eigenvalue weighted by atomic mass is 10.1. The van der Waals surface area contributed by atoms with Crippen molar-refractivity contribution in [3.63, 3.8) is 0 Å². The molecule has 0 fully saturated rings. The van der Waals surface area contributed by atoms with E-state index in [2.05, 4.69) is 13.2 Å². The maximum Gasteiger partial charge on any atom is 0.338 e. The van der Waals surface area contributed by atoms with Crippen LogP contribution in [0.15, 0.2) is 43.0 Å². The molecule has 1 aliphatic rings. The SMILES string of the molecule is C=CCOC(=O)CCCCCN1C(=O)c2ccc(C(=O)OCC(=C)C)cc2C1=O. The van der Waals surface area contributed by atoms with Gasteiger partial charge in [-0.3, -0.25) is 19.3 Å². The third-order valence-electron chi connectivity index (χ3n) is 4.28. The molecule has 1 aromatic rings. The van der Waals surface area contributed by atoms with Gasteiger partial charge in [0.2, 0.25) is 0 Å². The van der Waals surface area contributed by atoms with E-state index in [0.29, 0.717) is 24.8 Å². The Bertz CT molecular complexity index is 842. The van der Waals surface area contributed by atoms with Crippen LogP contribution in [0.1, 0.15) is 63.7 Å². The third-order valence-corrected chi connectivity index (χ3v) is 4.28. The van der Waals surface area contributed by atoms with Gasteiger partial charge in [-0.2, -0.15) is 0 Å². The lowest BCUT2D eigenvalue weighted by Crippen LogP contribution is -2.30. The minimum atomic E-state index is -0.571. The van der Waals surface area contributed by atoms with Gasteiger partial charge in [0.15, 0.2) is 0 Å². The number of hydrogen-bond donors (Lipinski definition) is 0. The molecule has 2 rings (SSSR count). The number of benzene rings is 1. The number of unbranched alkanes of at least 4 members (excludes halogenated alkanes) is 2. The molecule has 0 atom stereocenters. The van der Waals surface area contributed by atoms with Crippen LogP contribution in [0.5, 0.6) is 0 Å². The van der Waals surface area contributed by atoms with E-state index in [1.54, 1.807) is 6.92 Å². The molecule has 1 heterocycles. The lowest BCUT2D eigenvalue weighted by molar-refractivity contribution is -0.142. The molecule has 0 N–H and O–H groups in total. The fraction of sp³-hybridized carbons (Fsp3) is 0.364. The van der Waals surface area contributed by atoms with Gasteiger partial charge in [0.25, 0.3) is 11.8 Å². The first-order chi connectivity index (χ1) is 13.8. The van der Waals surface area contributed by atoms with E-state index in [-0.39, 0.29) is 54.7 Å². The standard InChI is InChI=1S/C22H25NO6/c1-4-12-28-19(24)8-6-5-7-11-23-20(25)17-10-9-16(13-18(17)21(23)26)22(27)29-14-15(2)3/h4,9-10,13H,1-2,5-8,11-12,14H2,3H3. The monoisotopic (exact) mass is 399 g/mol. The normalized spacial score (nSPS) is 12.5. The van der Waals surface area contributed by atoms with E-state index < -0.39 is 11.9 Å². The summed E-state index contributed by atoms with van der Waals surface area (Å²) in [5, 5.41) is 0. The largest absolute Gasteiger partial charge is 0.461 e. The van der Waals surface area contributed by atoms with E-state index in [9.17, 15) is 19.2 Å². The molecule has 1 aromatic carbocycles. The number of carbonyl (C=O) groups is 4. The van der Waals surface area contributed by atoms with Crippen molar-refractivity contribution in [2.24, 2.45) is 0 Å². The van der Waals surface area contributed by atoms with Gasteiger partial charge in [0.05, 0.1) is 16.7 Å². The smallest absolute Gasteiger partial charge is 0.338 e. The predicted octanol–water partition coefficient (Wildman–Crippen LogP) is 3.31. The number of carbonyl (C=O) groups excluding carboxylic acids is 4. The van der Waals surface area contributed by atoms with E-state index in [0.717, 1.165) is 0 Å². The zero-order valence-electron chi connectivity index (χ0n) is 16.6. The van der Waals surface area contributed by atoms with Crippen molar-refractivity contribution in [1.29, 1.82) is 0 Å². The van der Waals surface area contributed by atoms with Crippen LogP contribution in [-0.4, -0.2) is 48.4 Å². The Morgan fingerprint density at radius 1 is 1.07 bits per heavy atom. The molecule has 0 aliphatic carbocycles. The Morgan fingerprint density at radius 2 is 1.79 bits per heavy atom. The highest BCUT2D eigenvalue weighted by atomic mass is 16.5. The summed E-state index contributed by atoms with van der Waals surface area (Å²) in [6.45, 7) is 9.41. The Balaban J connectivity index is 1.89. The van der Waals surface area contributed by atoms with Gasteiger partial charge < -0.3 is 9.47 Å². The van der Waals surface area contributed by atoms with Crippen LogP contribution in [0.4, 0.5) is 0 Å². The topological polar surface area (TPSA) is 90.0 Å². The first kappa shape index (κ1) is 22.1. The second kappa shape index (κ2) is 10.4. The molecule has 0 aromatic heterocycles. The van der Waals surface area contributed by atoms with Crippen LogP contribution in [-0.2, 0) is 14.3 Å². The molecule has 29 heavy (non-hydrogen) atoms. The summed E-state index contributed by atoms with van der Waals surface area (Å²) in [5.74, 6) is -1.67. The van der Waals surface area contributed by atoms with Gasteiger partial charge >= 0.3 is 11.9 Å². The summed E-state index contributed by atoms with van der Waals surface area (Å²) in [5.41, 5.74) is 1.39. The van der Waals surface area contributed by atoms with Crippen molar-refractivity contribution >= 4 is 23.8 Å². The number of ether oxygens (including phenoxy) is 2. The first-order valence-electron chi connectivity index (χ1n) is 9.43. The zero-order chi connectivity index (χ0) is 21.4. The molecule has 7 nitrogen and oxygen atoms in total. The molecule has 0 bridgehead atoms. The van der Waals surface area contributed by atoms with Crippen LogP contribution < -0.4 is 0 Å². The third kappa shape index (κ3) is 5.88. The molecule has 1 aliphatic heterocycles. The minimum Gasteiger partial charge on any atom is -0.461 e. The van der Waals surface area contributed by atoms with Crippen molar-refractivity contribution in [3.8, 4) is 0 Å². The number of hydrogen-bond acceptors (Lipinski definition) is 6. The Kier molecular flexibility index (Phi) is 7.88. The van der Waals surface area contributed by atoms with Crippen LogP contribution in [0, 0.1) is 0 Å². The average Bonchev–Trinajstić information content (AvgIpc) is 2.94. The van der Waals surface area contributed by atoms with E-state index in [1.165, 1.54) is 29.2 Å². The highest BCUT2D eigenvalue weighted by molar-refractivity contribution is 6.21. The predicted molar refractivity (Wildman–Crippen MR) is 107 cm³/mol. The second-order valence-electron chi connectivity index (χ2n) is 6.84. The van der Waals surface area contributed by atoms with Gasteiger partial charge in [0.1, 0.15) is 13.2 Å². The number of imide groups is 1. The number of nitrogens with zero attached hydrogens (tertiary/aromatic N) is 1. The van der Waals surface area contributed by atoms with Crippen LogP contribution in [0.2, 0.25) is 0 Å². The van der Waals surface area contributed by atoms with Gasteiger partial charge in [-0.25, -0.2) is 4.79 Å². The highest BCUT2D eigenvalue weighted by Crippen LogP contribution is 2.25. The van der Waals surface area contributed by atoms with Gasteiger partial charge in [-0.1, -0.05) is 25.7 Å². The molecule has 0 saturated carbocycles. The summed E-state index contributed by atoms with van der Waals surface area (Å²) in [4.78, 5) is 49.7. The van der Waals surface area contributed by atoms with Crippen molar-refractivity contribution in [3.05, 3.63) is 59.7 Å². The zero-order valence-corrected chi connectivity index (χ0v) is 16.6. The van der Waals surface area contributed by atoms with Crippen molar-refractivity contribution in [1.82, 2.24) is 4.90 Å². The Hall–Kier alpha value is -3.22. The van der Waals surface area contributed by atoms with Crippen LogP contribution in [0.25, 0.3) is 0 Å². The molecule has 0 radical (unpaired) electrons. The summed E-state index contributed by atoms with van der Waals surface area (Å²) in [6.07, 6.45) is 3.65. The molecule has 154 valence electrons. The summed E-state index contributed by atoms with van der Waals surface area (Å²) in [6, 6.07) is 4.34. The average molecular weight is 399 g/mol. The number of fused-ring (bicyclic) bond motifs is 1. The molecule has 7 heteroatoms. The number of amides is 2. The van der Waals surface area contributed by atoms with Crippen molar-refractivity contribution in [2.75, 3.05) is 19.8 Å². The number of esters is 2. The molecule has 2 amide bonds. The number of rotatable bonds is 11. The molecule has 0 saturated heterocycles. The van der Waals surface area contributed by atoms with E-state index in [4.69, 9.17) is 9.47 Å². The lowest BCUT2D eigenvalue weighted by Gasteiger charge is -2.13. The Morgan fingerprint density at radius 3 is 2.48 bits per heavy atom. The van der Waals surface area contributed by atoms with Gasteiger partial charge in [-0.05, 0) is 43.5 Å². The molecular formula is C22H25NO6. The summed E-state index contributed by atoms with van der Waals surface area (Å²) in [7, 11) is 0. The molecular weight excluding hydrogens is 374 g/mol. The van der Waals surface area contributed by atoms with Gasteiger partial charge in [0, 0.05) is 13.0 Å². The fourth-order valence-electron chi connectivity index (χ4n) is 2.83. The summed E-state index contributed by atoms with van der Waals surface area (Å²) < 4.78 is 9.97. The highest BCUT2D eigenvalue weighted by Gasteiger charge is 2.35. The first-order valence-corrected chi connectivity index (χ1v) is 9.43. The maximum absolute atomic E-state index is 12.6. The van der Waals surface area contributed by atoms with E-state index >= 15 is 0 Å². The van der Waals surface area contributed by atoms with E-state index in [1.807, 2.05) is 0 Å². The van der Waals surface area contributed by atoms with Crippen LogP contribution >= 0.6 is 0 Å². The Labute approximate surface area is 170 Å². The maximum atomic E-state index is 12.6. The van der Waals surface area contributed by atoms with Crippen molar-refractivity contribution in [2.45, 2.75) is 32.6 Å². The van der Waals surface area contributed by atoms with Crippen LogP contribution in [0.3, 0.4) is 0 Å². The molecule has 0 spiro atoms. The molecule has 0 unspecified atom stereocenters. The minimum absolute atomic E-state index is 0.0933. The van der Waals surface area contributed by atoms with Gasteiger partial charge in [-0.15, -0.1) is 0 Å². The second-order valence-corrected chi connectivity index (χ2v) is 6.84. The van der Waals surface area contributed by atoms with Crippen molar-refractivity contribution < 1.29 is 28.7 Å².